The summed E-state index contributed by atoms with van der Waals surface area (Å²) in [6.07, 6.45) is 2.54. The van der Waals surface area contributed by atoms with E-state index in [1.54, 1.807) is 16.2 Å². The molecule has 1 aromatic heterocycles. The van der Waals surface area contributed by atoms with Gasteiger partial charge in [0.25, 0.3) is 5.91 Å². The summed E-state index contributed by atoms with van der Waals surface area (Å²) < 4.78 is 27.5. The molecule has 0 atom stereocenters. The summed E-state index contributed by atoms with van der Waals surface area (Å²) in [6.45, 7) is 0.498. The lowest BCUT2D eigenvalue weighted by atomic mass is 10.1. The smallest absolute Gasteiger partial charge is 0.260 e. The summed E-state index contributed by atoms with van der Waals surface area (Å²) in [5.41, 5.74) is -0.435. The molecule has 0 bridgehead atoms. The molecule has 5 heteroatoms. The highest BCUT2D eigenvalue weighted by Crippen LogP contribution is 2.29. The summed E-state index contributed by atoms with van der Waals surface area (Å²) in [5, 5.41) is 1.98. The number of carbonyl (C=O) groups excluding carboxylic acids is 1. The van der Waals surface area contributed by atoms with Gasteiger partial charge in [0, 0.05) is 17.5 Å². The largest absolute Gasteiger partial charge is 0.335 e. The first-order valence-electron chi connectivity index (χ1n) is 6.94. The standard InChI is InChI=1S/C16H15F2NOS/c17-13-4-1-5-14(18)15(13)16(20)19(11-6-7-11)9-8-12-3-2-10-21-12/h1-5,10-11H,6-9H2. The predicted octanol–water partition coefficient (Wildman–Crippen LogP) is 3.87. The molecule has 1 aromatic carbocycles. The molecule has 1 aliphatic rings. The van der Waals surface area contributed by atoms with Gasteiger partial charge in [0.05, 0.1) is 0 Å². The van der Waals surface area contributed by atoms with E-state index in [4.69, 9.17) is 0 Å². The van der Waals surface area contributed by atoms with Crippen molar-refractivity contribution >= 4 is 17.2 Å². The van der Waals surface area contributed by atoms with Gasteiger partial charge < -0.3 is 4.90 Å². The van der Waals surface area contributed by atoms with E-state index >= 15 is 0 Å². The van der Waals surface area contributed by atoms with Crippen molar-refractivity contribution in [1.82, 2.24) is 4.90 Å². The van der Waals surface area contributed by atoms with Crippen molar-refractivity contribution in [3.63, 3.8) is 0 Å². The number of rotatable bonds is 5. The van der Waals surface area contributed by atoms with E-state index in [1.165, 1.54) is 10.9 Å². The van der Waals surface area contributed by atoms with Crippen molar-refractivity contribution in [2.24, 2.45) is 0 Å². The van der Waals surface area contributed by atoms with E-state index in [1.807, 2.05) is 17.5 Å². The molecule has 21 heavy (non-hydrogen) atoms. The fraction of sp³-hybridized carbons (Fsp3) is 0.312. The predicted molar refractivity (Wildman–Crippen MR) is 78.4 cm³/mol. The lowest BCUT2D eigenvalue weighted by Crippen LogP contribution is -2.36. The van der Waals surface area contributed by atoms with E-state index in [0.29, 0.717) is 6.54 Å². The van der Waals surface area contributed by atoms with Gasteiger partial charge in [0.2, 0.25) is 0 Å². The zero-order valence-electron chi connectivity index (χ0n) is 11.4. The topological polar surface area (TPSA) is 20.3 Å². The van der Waals surface area contributed by atoms with E-state index in [9.17, 15) is 13.6 Å². The third kappa shape index (κ3) is 3.13. The van der Waals surface area contributed by atoms with Crippen molar-refractivity contribution in [2.45, 2.75) is 25.3 Å². The van der Waals surface area contributed by atoms with Crippen LogP contribution in [0.5, 0.6) is 0 Å². The molecule has 0 unspecified atom stereocenters. The third-order valence-electron chi connectivity index (χ3n) is 3.60. The number of halogens is 2. The van der Waals surface area contributed by atoms with Gasteiger partial charge in [-0.15, -0.1) is 11.3 Å². The Bertz CT molecular complexity index is 617. The average Bonchev–Trinajstić information content (AvgIpc) is 3.14. The van der Waals surface area contributed by atoms with Gasteiger partial charge in [-0.25, -0.2) is 8.78 Å². The molecule has 0 N–H and O–H groups in total. The van der Waals surface area contributed by atoms with E-state index in [2.05, 4.69) is 0 Å². The molecule has 1 saturated carbocycles. The van der Waals surface area contributed by atoms with Crippen LogP contribution in [0.4, 0.5) is 8.78 Å². The normalized spacial score (nSPS) is 14.2. The number of thiophene rings is 1. The number of hydrogen-bond donors (Lipinski definition) is 0. The van der Waals surface area contributed by atoms with Crippen LogP contribution in [0.25, 0.3) is 0 Å². The first-order valence-corrected chi connectivity index (χ1v) is 7.82. The Kier molecular flexibility index (Phi) is 4.01. The molecule has 0 spiro atoms. The van der Waals surface area contributed by atoms with Crippen molar-refractivity contribution < 1.29 is 13.6 Å². The van der Waals surface area contributed by atoms with Gasteiger partial charge in [-0.2, -0.15) is 0 Å². The second-order valence-corrected chi connectivity index (χ2v) is 6.19. The molecule has 2 nitrogen and oxygen atoms in total. The van der Waals surface area contributed by atoms with Gasteiger partial charge in [0.15, 0.2) is 0 Å². The van der Waals surface area contributed by atoms with Crippen LogP contribution in [0.3, 0.4) is 0 Å². The van der Waals surface area contributed by atoms with Crippen LogP contribution in [0.1, 0.15) is 28.1 Å². The molecule has 3 rings (SSSR count). The lowest BCUT2D eigenvalue weighted by molar-refractivity contribution is 0.0735. The summed E-state index contributed by atoms with van der Waals surface area (Å²) in [4.78, 5) is 15.3. The molecular weight excluding hydrogens is 292 g/mol. The van der Waals surface area contributed by atoms with Gasteiger partial charge >= 0.3 is 0 Å². The van der Waals surface area contributed by atoms with E-state index in [-0.39, 0.29) is 6.04 Å². The van der Waals surface area contributed by atoms with E-state index < -0.39 is 23.1 Å². The zero-order chi connectivity index (χ0) is 14.8. The number of amides is 1. The first kappa shape index (κ1) is 14.2. The maximum atomic E-state index is 13.8. The van der Waals surface area contributed by atoms with Gasteiger partial charge in [-0.1, -0.05) is 12.1 Å². The minimum Gasteiger partial charge on any atom is -0.335 e. The Labute approximate surface area is 126 Å². The van der Waals surface area contributed by atoms with Crippen molar-refractivity contribution in [2.75, 3.05) is 6.54 Å². The fourth-order valence-corrected chi connectivity index (χ4v) is 3.07. The van der Waals surface area contributed by atoms with Gasteiger partial charge in [-0.05, 0) is 42.8 Å². The molecule has 1 fully saturated rings. The molecule has 1 amide bonds. The highest BCUT2D eigenvalue weighted by atomic mass is 32.1. The molecule has 0 saturated heterocycles. The van der Waals surface area contributed by atoms with Crippen LogP contribution in [0, 0.1) is 11.6 Å². The molecular formula is C16H15F2NOS. The minimum absolute atomic E-state index is 0.122. The summed E-state index contributed by atoms with van der Waals surface area (Å²) in [7, 11) is 0. The van der Waals surface area contributed by atoms with Crippen LogP contribution >= 0.6 is 11.3 Å². The van der Waals surface area contributed by atoms with Crippen LogP contribution in [-0.4, -0.2) is 23.4 Å². The molecule has 2 aromatic rings. The Morgan fingerprint density at radius 2 is 1.90 bits per heavy atom. The van der Waals surface area contributed by atoms with Gasteiger partial charge in [-0.3, -0.25) is 4.79 Å². The van der Waals surface area contributed by atoms with Gasteiger partial charge in [0.1, 0.15) is 17.2 Å². The molecule has 1 heterocycles. The Morgan fingerprint density at radius 3 is 2.48 bits per heavy atom. The minimum atomic E-state index is -0.790. The van der Waals surface area contributed by atoms with Crippen LogP contribution in [0.15, 0.2) is 35.7 Å². The maximum absolute atomic E-state index is 13.8. The summed E-state index contributed by atoms with van der Waals surface area (Å²) in [5.74, 6) is -2.12. The maximum Gasteiger partial charge on any atom is 0.260 e. The van der Waals surface area contributed by atoms with Crippen LogP contribution in [0.2, 0.25) is 0 Å². The van der Waals surface area contributed by atoms with Crippen LogP contribution < -0.4 is 0 Å². The molecule has 0 radical (unpaired) electrons. The number of nitrogens with zero attached hydrogens (tertiary/aromatic N) is 1. The van der Waals surface area contributed by atoms with Crippen LogP contribution in [-0.2, 0) is 6.42 Å². The van der Waals surface area contributed by atoms with Crippen molar-refractivity contribution in [3.8, 4) is 0 Å². The highest BCUT2D eigenvalue weighted by Gasteiger charge is 2.34. The number of hydrogen-bond acceptors (Lipinski definition) is 2. The quantitative estimate of drug-likeness (QED) is 0.821. The summed E-state index contributed by atoms with van der Waals surface area (Å²) in [6, 6.07) is 7.61. The lowest BCUT2D eigenvalue weighted by Gasteiger charge is -2.22. The van der Waals surface area contributed by atoms with E-state index in [0.717, 1.165) is 31.4 Å². The molecule has 1 aliphatic carbocycles. The second-order valence-electron chi connectivity index (χ2n) is 5.16. The number of benzene rings is 1. The SMILES string of the molecule is O=C(c1c(F)cccc1F)N(CCc1cccs1)C1CC1. The third-order valence-corrected chi connectivity index (χ3v) is 4.54. The first-order chi connectivity index (χ1) is 10.2. The monoisotopic (exact) mass is 307 g/mol. The highest BCUT2D eigenvalue weighted by molar-refractivity contribution is 7.09. The summed E-state index contributed by atoms with van der Waals surface area (Å²) >= 11 is 1.62. The Balaban J connectivity index is 1.79. The average molecular weight is 307 g/mol. The number of carbonyl (C=O) groups is 1. The Hall–Kier alpha value is -1.75. The molecule has 0 aliphatic heterocycles. The van der Waals surface area contributed by atoms with Crippen molar-refractivity contribution in [3.05, 3.63) is 57.8 Å². The fourth-order valence-electron chi connectivity index (χ4n) is 2.37. The molecule has 110 valence electrons. The second kappa shape index (κ2) is 5.93. The zero-order valence-corrected chi connectivity index (χ0v) is 12.2. The Morgan fingerprint density at radius 1 is 1.19 bits per heavy atom. The van der Waals surface area contributed by atoms with Crippen molar-refractivity contribution in [1.29, 1.82) is 0 Å².